The summed E-state index contributed by atoms with van der Waals surface area (Å²) >= 11 is 33.5. The van der Waals surface area contributed by atoms with E-state index in [9.17, 15) is 0 Å². The molecule has 0 saturated carbocycles. The summed E-state index contributed by atoms with van der Waals surface area (Å²) in [6.07, 6.45) is 1.59. The van der Waals surface area contributed by atoms with E-state index in [4.69, 9.17) is 58.0 Å². The molecule has 0 unspecified atom stereocenters. The van der Waals surface area contributed by atoms with Crippen LogP contribution in [0.5, 0.6) is 0 Å². The molecule has 0 radical (unpaired) electrons. The van der Waals surface area contributed by atoms with Crippen molar-refractivity contribution in [3.63, 3.8) is 0 Å². The van der Waals surface area contributed by atoms with Gasteiger partial charge in [-0.1, -0.05) is 132 Å². The zero-order chi connectivity index (χ0) is 30.8. The number of anilines is 2. The Balaban J connectivity index is 0.00000506. The SMILES string of the molecule is Cc1cc(C)c(N2CCN(c3c(C)cc(C)cc3C)C2=C(CCCC(Cl)(Cl)Cl)C(Cl)(Cl)P=Cc2ccccc2)c(C)c1.[Ru]. The van der Waals surface area contributed by atoms with Gasteiger partial charge in [0, 0.05) is 49.5 Å². The number of benzene rings is 3. The normalized spacial score (nSPS) is 14.1. The van der Waals surface area contributed by atoms with Crippen molar-refractivity contribution in [2.24, 2.45) is 0 Å². The molecule has 232 valence electrons. The predicted octanol–water partition coefficient (Wildman–Crippen LogP) is 11.5. The van der Waals surface area contributed by atoms with Gasteiger partial charge >= 0.3 is 0 Å². The molecule has 1 fully saturated rings. The standard InChI is InChI=1S/C34H38Cl5N2P.Ru/c1-22-17-24(3)30(25(4)18-22)40-15-16-41(31-26(5)19-23(2)20-27(31)6)32(40)29(13-10-14-33(35,36)37)34(38,39)42-21-28-11-8-7-9-12-28;/h7-9,11-12,17-21H,10,13-16H2,1-6H3;. The van der Waals surface area contributed by atoms with E-state index in [1.54, 1.807) is 0 Å². The van der Waals surface area contributed by atoms with Gasteiger partial charge in [0.1, 0.15) is 5.82 Å². The molecule has 1 aliphatic heterocycles. The maximum Gasteiger partial charge on any atom is 0.190 e. The van der Waals surface area contributed by atoms with Crippen LogP contribution in [0.3, 0.4) is 0 Å². The summed E-state index contributed by atoms with van der Waals surface area (Å²) in [7, 11) is 0.757. The number of hydrogen-bond donors (Lipinski definition) is 0. The Morgan fingerprint density at radius 3 is 1.60 bits per heavy atom. The third-order valence-corrected chi connectivity index (χ3v) is 10.2. The number of aryl methyl sites for hydroxylation is 6. The predicted molar refractivity (Wildman–Crippen MR) is 190 cm³/mol. The third kappa shape index (κ3) is 9.17. The second-order valence-electron chi connectivity index (χ2n) is 11.3. The summed E-state index contributed by atoms with van der Waals surface area (Å²) in [6.45, 7) is 14.6. The molecule has 0 amide bonds. The first-order valence-corrected chi connectivity index (χ1v) is 17.0. The van der Waals surface area contributed by atoms with Crippen LogP contribution in [0.4, 0.5) is 11.4 Å². The fourth-order valence-corrected chi connectivity index (χ4v) is 8.05. The van der Waals surface area contributed by atoms with Gasteiger partial charge in [-0.3, -0.25) is 0 Å². The van der Waals surface area contributed by atoms with Crippen LogP contribution in [0, 0.1) is 41.5 Å². The Morgan fingerprint density at radius 1 is 0.744 bits per heavy atom. The molecule has 0 atom stereocenters. The zero-order valence-corrected chi connectivity index (χ0v) is 31.8. The summed E-state index contributed by atoms with van der Waals surface area (Å²) in [4.78, 5) is 4.82. The zero-order valence-electron chi connectivity index (χ0n) is 25.4. The maximum absolute atomic E-state index is 7.41. The van der Waals surface area contributed by atoms with Gasteiger partial charge in [0.15, 0.2) is 7.87 Å². The Morgan fingerprint density at radius 2 is 1.19 bits per heavy atom. The molecule has 0 spiro atoms. The smallest absolute Gasteiger partial charge is 0.190 e. The van der Waals surface area contributed by atoms with E-state index < -0.39 is 7.87 Å². The van der Waals surface area contributed by atoms with E-state index >= 15 is 0 Å². The van der Waals surface area contributed by atoms with Crippen molar-refractivity contribution >= 4 is 83.4 Å². The van der Waals surface area contributed by atoms with Crippen molar-refractivity contribution < 1.29 is 19.5 Å². The molecule has 3 aromatic rings. The summed E-state index contributed by atoms with van der Waals surface area (Å²) in [6, 6.07) is 19.1. The van der Waals surface area contributed by atoms with Crippen LogP contribution < -0.4 is 9.80 Å². The summed E-state index contributed by atoms with van der Waals surface area (Å²) in [5, 5.41) is 0. The van der Waals surface area contributed by atoms with Gasteiger partial charge in [-0.25, -0.2) is 0 Å². The van der Waals surface area contributed by atoms with E-state index in [-0.39, 0.29) is 19.5 Å². The number of halogens is 5. The van der Waals surface area contributed by atoms with E-state index in [0.717, 1.165) is 38.3 Å². The molecule has 0 aliphatic carbocycles. The van der Waals surface area contributed by atoms with Gasteiger partial charge in [-0.15, -0.1) is 0 Å². The number of allylic oxidation sites excluding steroid dienone is 1. The van der Waals surface area contributed by atoms with Crippen molar-refractivity contribution in [1.82, 2.24) is 0 Å². The van der Waals surface area contributed by atoms with Crippen LogP contribution in [-0.2, 0) is 19.5 Å². The van der Waals surface area contributed by atoms with Gasteiger partial charge in [-0.05, 0) is 94.4 Å². The molecule has 1 heterocycles. The fraction of sp³-hybridized carbons (Fsp3) is 0.382. The minimum atomic E-state index is -1.35. The second kappa shape index (κ2) is 15.2. The van der Waals surface area contributed by atoms with E-state index in [0.29, 0.717) is 19.3 Å². The average Bonchev–Trinajstić information content (AvgIpc) is 3.27. The second-order valence-corrected chi connectivity index (χ2v) is 16.8. The first-order valence-electron chi connectivity index (χ1n) is 14.2. The molecule has 0 N–H and O–H groups in total. The van der Waals surface area contributed by atoms with Crippen molar-refractivity contribution in [1.29, 1.82) is 0 Å². The van der Waals surface area contributed by atoms with Crippen molar-refractivity contribution in [3.05, 3.63) is 105 Å². The number of alkyl halides is 5. The van der Waals surface area contributed by atoms with Crippen LogP contribution in [0.25, 0.3) is 0 Å². The molecule has 0 aromatic heterocycles. The van der Waals surface area contributed by atoms with Crippen LogP contribution in [0.15, 0.2) is 66.0 Å². The molecule has 3 aromatic carbocycles. The van der Waals surface area contributed by atoms with Gasteiger partial charge < -0.3 is 9.80 Å². The summed E-state index contributed by atoms with van der Waals surface area (Å²) in [5.41, 5.74) is 11.7. The van der Waals surface area contributed by atoms with Crippen molar-refractivity contribution in [3.8, 4) is 0 Å². The van der Waals surface area contributed by atoms with Crippen molar-refractivity contribution in [2.75, 3.05) is 22.9 Å². The quantitative estimate of drug-likeness (QED) is 0.128. The Labute approximate surface area is 297 Å². The number of nitrogens with zero attached hydrogens (tertiary/aromatic N) is 2. The summed E-state index contributed by atoms with van der Waals surface area (Å²) in [5.74, 6) is 3.09. The van der Waals surface area contributed by atoms with Crippen molar-refractivity contribution in [2.45, 2.75) is 68.7 Å². The molecular weight excluding hydrogens is 746 g/mol. The molecular formula is C34H38Cl5N2PRu. The number of rotatable bonds is 8. The van der Waals surface area contributed by atoms with Gasteiger partial charge in [0.25, 0.3) is 0 Å². The molecule has 1 aliphatic rings. The molecule has 43 heavy (non-hydrogen) atoms. The topological polar surface area (TPSA) is 6.48 Å². The monoisotopic (exact) mass is 782 g/mol. The molecule has 0 bridgehead atoms. The first kappa shape index (κ1) is 36.7. The van der Waals surface area contributed by atoms with Crippen LogP contribution >= 0.6 is 66.2 Å². The Bertz CT molecular complexity index is 1380. The van der Waals surface area contributed by atoms with E-state index in [2.05, 4.69) is 93.5 Å². The van der Waals surface area contributed by atoms with Gasteiger partial charge in [0.05, 0.1) is 0 Å². The summed E-state index contributed by atoms with van der Waals surface area (Å²) < 4.78 is -2.58. The maximum atomic E-state index is 7.41. The van der Waals surface area contributed by atoms with Gasteiger partial charge in [0.2, 0.25) is 0 Å². The van der Waals surface area contributed by atoms with E-state index in [1.807, 2.05) is 18.2 Å². The van der Waals surface area contributed by atoms with Gasteiger partial charge in [-0.2, -0.15) is 0 Å². The molecule has 4 rings (SSSR count). The molecule has 2 nitrogen and oxygen atoms in total. The third-order valence-electron chi connectivity index (χ3n) is 7.56. The van der Waals surface area contributed by atoms with Crippen LogP contribution in [-0.4, -0.2) is 26.8 Å². The van der Waals surface area contributed by atoms with E-state index in [1.165, 1.54) is 44.8 Å². The fourth-order valence-electron chi connectivity index (χ4n) is 6.15. The van der Waals surface area contributed by atoms with Crippen LogP contribution in [0.2, 0.25) is 0 Å². The molecule has 1 saturated heterocycles. The van der Waals surface area contributed by atoms with Crippen LogP contribution in [0.1, 0.15) is 58.2 Å². The Kier molecular flexibility index (Phi) is 13.0. The minimum absolute atomic E-state index is 0. The Hall–Kier alpha value is -0.757. The first-order chi connectivity index (χ1) is 19.7. The number of hydrogen-bond acceptors (Lipinski definition) is 2. The molecule has 9 heteroatoms. The largest absolute Gasteiger partial charge is 0.325 e. The minimum Gasteiger partial charge on any atom is -0.325 e. The average molecular weight is 784 g/mol.